The van der Waals surface area contributed by atoms with E-state index < -0.39 is 0 Å². The van der Waals surface area contributed by atoms with Crippen LogP contribution < -0.4 is 5.73 Å². The van der Waals surface area contributed by atoms with Crippen molar-refractivity contribution in [3.8, 4) is 0 Å². The largest absolute Gasteiger partial charge is 0.377 e. The van der Waals surface area contributed by atoms with Gasteiger partial charge in [-0.1, -0.05) is 12.1 Å². The van der Waals surface area contributed by atoms with Gasteiger partial charge in [-0.05, 0) is 25.8 Å². The van der Waals surface area contributed by atoms with Crippen LogP contribution in [0.3, 0.4) is 0 Å². The standard InChI is InChI=1S/C13H23N3O2/c1-2-6-17-12-4-3-5-16(9-12)10-13-7-11(8-14)15-18-13/h7,12H,2-6,8-10,14H2,1H3. The number of ether oxygens (including phenoxy) is 1. The van der Waals surface area contributed by atoms with E-state index in [1.165, 1.54) is 12.8 Å². The van der Waals surface area contributed by atoms with Gasteiger partial charge in [0.15, 0.2) is 5.76 Å². The maximum atomic E-state index is 5.82. The van der Waals surface area contributed by atoms with Crippen LogP contribution in [0.1, 0.15) is 37.6 Å². The molecule has 1 aromatic heterocycles. The Morgan fingerprint density at radius 1 is 1.61 bits per heavy atom. The van der Waals surface area contributed by atoms with Gasteiger partial charge in [0.05, 0.1) is 18.3 Å². The second-order valence-electron chi connectivity index (χ2n) is 4.86. The molecule has 1 aromatic rings. The van der Waals surface area contributed by atoms with Crippen LogP contribution in [0.2, 0.25) is 0 Å². The summed E-state index contributed by atoms with van der Waals surface area (Å²) >= 11 is 0. The fourth-order valence-electron chi connectivity index (χ4n) is 2.32. The summed E-state index contributed by atoms with van der Waals surface area (Å²) in [4.78, 5) is 2.37. The number of likely N-dealkylation sites (tertiary alicyclic amines) is 1. The average molecular weight is 253 g/mol. The number of piperidine rings is 1. The van der Waals surface area contributed by atoms with Crippen molar-refractivity contribution in [3.05, 3.63) is 17.5 Å². The summed E-state index contributed by atoms with van der Waals surface area (Å²) in [6, 6.07) is 1.94. The van der Waals surface area contributed by atoms with Gasteiger partial charge in [0.1, 0.15) is 0 Å². The molecule has 0 bridgehead atoms. The molecule has 2 rings (SSSR count). The lowest BCUT2D eigenvalue weighted by atomic mass is 10.1. The lowest BCUT2D eigenvalue weighted by Gasteiger charge is -2.31. The van der Waals surface area contributed by atoms with E-state index in [1.807, 2.05) is 6.07 Å². The Hall–Kier alpha value is -0.910. The van der Waals surface area contributed by atoms with Gasteiger partial charge in [0.2, 0.25) is 0 Å². The second kappa shape index (κ2) is 6.87. The highest BCUT2D eigenvalue weighted by atomic mass is 16.5. The van der Waals surface area contributed by atoms with Crippen LogP contribution in [0, 0.1) is 0 Å². The predicted octanol–water partition coefficient (Wildman–Crippen LogP) is 1.52. The number of nitrogens with two attached hydrogens (primary N) is 1. The summed E-state index contributed by atoms with van der Waals surface area (Å²) in [6.45, 7) is 6.33. The third kappa shape index (κ3) is 3.80. The Morgan fingerprint density at radius 2 is 2.50 bits per heavy atom. The second-order valence-corrected chi connectivity index (χ2v) is 4.86. The quantitative estimate of drug-likeness (QED) is 0.832. The fraction of sp³-hybridized carbons (Fsp3) is 0.769. The summed E-state index contributed by atoms with van der Waals surface area (Å²) in [5, 5.41) is 3.91. The molecule has 18 heavy (non-hydrogen) atoms. The molecule has 1 aliphatic heterocycles. The number of hydrogen-bond acceptors (Lipinski definition) is 5. The molecule has 0 radical (unpaired) electrons. The van der Waals surface area contributed by atoms with Gasteiger partial charge >= 0.3 is 0 Å². The fourth-order valence-corrected chi connectivity index (χ4v) is 2.32. The molecule has 5 nitrogen and oxygen atoms in total. The van der Waals surface area contributed by atoms with E-state index in [1.54, 1.807) is 0 Å². The van der Waals surface area contributed by atoms with Crippen LogP contribution in [0.15, 0.2) is 10.6 Å². The third-order valence-electron chi connectivity index (χ3n) is 3.22. The molecule has 0 saturated carbocycles. The van der Waals surface area contributed by atoms with Gasteiger partial charge in [-0.2, -0.15) is 0 Å². The molecule has 0 spiro atoms. The Kier molecular flexibility index (Phi) is 5.16. The van der Waals surface area contributed by atoms with Crippen molar-refractivity contribution in [2.45, 2.75) is 45.4 Å². The van der Waals surface area contributed by atoms with E-state index in [4.69, 9.17) is 15.0 Å². The first kappa shape index (κ1) is 13.5. The minimum atomic E-state index is 0.371. The molecule has 1 saturated heterocycles. The van der Waals surface area contributed by atoms with Gasteiger partial charge in [0, 0.05) is 25.8 Å². The molecule has 2 N–H and O–H groups in total. The smallest absolute Gasteiger partial charge is 0.151 e. The zero-order chi connectivity index (χ0) is 12.8. The van der Waals surface area contributed by atoms with Gasteiger partial charge < -0.3 is 15.0 Å². The van der Waals surface area contributed by atoms with Crippen molar-refractivity contribution >= 4 is 0 Å². The first-order valence-electron chi connectivity index (χ1n) is 6.80. The summed E-state index contributed by atoms with van der Waals surface area (Å²) in [7, 11) is 0. The molecule has 0 aromatic carbocycles. The van der Waals surface area contributed by atoms with Crippen LogP contribution in [-0.2, 0) is 17.8 Å². The van der Waals surface area contributed by atoms with E-state index in [2.05, 4.69) is 17.0 Å². The van der Waals surface area contributed by atoms with E-state index in [0.717, 1.165) is 44.1 Å². The zero-order valence-electron chi connectivity index (χ0n) is 11.1. The highest BCUT2D eigenvalue weighted by molar-refractivity contribution is 5.04. The molecule has 1 atom stereocenters. The number of aromatic nitrogens is 1. The van der Waals surface area contributed by atoms with Crippen molar-refractivity contribution in [1.29, 1.82) is 0 Å². The highest BCUT2D eigenvalue weighted by Crippen LogP contribution is 2.16. The molecular weight excluding hydrogens is 230 g/mol. The van der Waals surface area contributed by atoms with Crippen LogP contribution in [-0.4, -0.2) is 35.9 Å². The minimum absolute atomic E-state index is 0.371. The summed E-state index contributed by atoms with van der Waals surface area (Å²) < 4.78 is 11.1. The summed E-state index contributed by atoms with van der Waals surface area (Å²) in [5.74, 6) is 0.895. The van der Waals surface area contributed by atoms with Crippen LogP contribution in [0.5, 0.6) is 0 Å². The van der Waals surface area contributed by atoms with Gasteiger partial charge in [-0.3, -0.25) is 4.90 Å². The van der Waals surface area contributed by atoms with Crippen molar-refractivity contribution in [1.82, 2.24) is 10.1 Å². The van der Waals surface area contributed by atoms with Crippen molar-refractivity contribution < 1.29 is 9.26 Å². The first-order valence-corrected chi connectivity index (χ1v) is 6.80. The third-order valence-corrected chi connectivity index (χ3v) is 3.22. The molecule has 0 aliphatic carbocycles. The first-order chi connectivity index (χ1) is 8.81. The van der Waals surface area contributed by atoms with Gasteiger partial charge in [-0.15, -0.1) is 0 Å². The molecule has 2 heterocycles. The molecule has 5 heteroatoms. The average Bonchev–Trinajstić information content (AvgIpc) is 2.84. The number of nitrogens with zero attached hydrogens (tertiary/aromatic N) is 2. The monoisotopic (exact) mass is 253 g/mol. The molecule has 1 unspecified atom stereocenters. The van der Waals surface area contributed by atoms with E-state index in [0.29, 0.717) is 12.6 Å². The number of hydrogen-bond donors (Lipinski definition) is 1. The SMILES string of the molecule is CCCOC1CCCN(Cc2cc(CN)no2)C1. The minimum Gasteiger partial charge on any atom is -0.377 e. The van der Waals surface area contributed by atoms with E-state index >= 15 is 0 Å². The predicted molar refractivity (Wildman–Crippen MR) is 68.9 cm³/mol. The molecule has 0 amide bonds. The lowest BCUT2D eigenvalue weighted by molar-refractivity contribution is -0.00413. The van der Waals surface area contributed by atoms with E-state index in [9.17, 15) is 0 Å². The van der Waals surface area contributed by atoms with Crippen molar-refractivity contribution in [3.63, 3.8) is 0 Å². The summed E-state index contributed by atoms with van der Waals surface area (Å²) in [6.07, 6.45) is 3.81. The molecule has 1 aliphatic rings. The highest BCUT2D eigenvalue weighted by Gasteiger charge is 2.21. The normalized spacial score (nSPS) is 21.3. The molecule has 1 fully saturated rings. The van der Waals surface area contributed by atoms with E-state index in [-0.39, 0.29) is 0 Å². The van der Waals surface area contributed by atoms with Crippen molar-refractivity contribution in [2.75, 3.05) is 19.7 Å². The lowest BCUT2D eigenvalue weighted by Crippen LogP contribution is -2.39. The topological polar surface area (TPSA) is 64.5 Å². The van der Waals surface area contributed by atoms with Crippen molar-refractivity contribution in [2.24, 2.45) is 5.73 Å². The van der Waals surface area contributed by atoms with Crippen LogP contribution in [0.4, 0.5) is 0 Å². The Morgan fingerprint density at radius 3 is 3.22 bits per heavy atom. The Bertz CT molecular complexity index is 354. The van der Waals surface area contributed by atoms with Gasteiger partial charge in [0.25, 0.3) is 0 Å². The summed E-state index contributed by atoms with van der Waals surface area (Å²) in [5.41, 5.74) is 6.34. The number of rotatable bonds is 6. The van der Waals surface area contributed by atoms with Crippen LogP contribution >= 0.6 is 0 Å². The van der Waals surface area contributed by atoms with Gasteiger partial charge in [-0.25, -0.2) is 0 Å². The van der Waals surface area contributed by atoms with Crippen LogP contribution in [0.25, 0.3) is 0 Å². The maximum Gasteiger partial charge on any atom is 0.151 e. The zero-order valence-corrected chi connectivity index (χ0v) is 11.1. The molecule has 102 valence electrons. The molecular formula is C13H23N3O2. The maximum absolute atomic E-state index is 5.82. The Labute approximate surface area is 108 Å². The Balaban J connectivity index is 1.81.